The molecule has 1 aromatic heterocycles. The van der Waals surface area contributed by atoms with E-state index in [4.69, 9.17) is 9.47 Å². The predicted molar refractivity (Wildman–Crippen MR) is 99.1 cm³/mol. The Kier molecular flexibility index (Phi) is 4.32. The molecule has 3 aromatic rings. The van der Waals surface area contributed by atoms with Crippen molar-refractivity contribution in [3.63, 3.8) is 0 Å². The molecule has 0 radical (unpaired) electrons. The van der Waals surface area contributed by atoms with Crippen LogP contribution >= 0.6 is 0 Å². The van der Waals surface area contributed by atoms with Crippen LogP contribution < -0.4 is 9.47 Å². The second kappa shape index (κ2) is 6.54. The van der Waals surface area contributed by atoms with Crippen molar-refractivity contribution in [2.75, 3.05) is 20.8 Å². The fourth-order valence-electron chi connectivity index (χ4n) is 3.49. The summed E-state index contributed by atoms with van der Waals surface area (Å²) >= 11 is 0. The predicted octanol–water partition coefficient (Wildman–Crippen LogP) is 3.07. The van der Waals surface area contributed by atoms with E-state index in [0.29, 0.717) is 24.1 Å². The fourth-order valence-corrected chi connectivity index (χ4v) is 5.04. The van der Waals surface area contributed by atoms with E-state index in [9.17, 15) is 12.8 Å². The molecule has 4 rings (SSSR count). The van der Waals surface area contributed by atoms with E-state index >= 15 is 0 Å². The number of hydrogen-bond donors (Lipinski definition) is 1. The van der Waals surface area contributed by atoms with Crippen LogP contribution in [0.3, 0.4) is 0 Å². The molecule has 0 saturated carbocycles. The van der Waals surface area contributed by atoms with Gasteiger partial charge in [0.1, 0.15) is 22.2 Å². The smallest absolute Gasteiger partial charge is 0.247 e. The van der Waals surface area contributed by atoms with Crippen molar-refractivity contribution in [1.29, 1.82) is 0 Å². The number of nitrogens with zero attached hydrogens (tertiary/aromatic N) is 1. The Balaban J connectivity index is 1.75. The first-order chi connectivity index (χ1) is 12.9. The van der Waals surface area contributed by atoms with Gasteiger partial charge in [-0.25, -0.2) is 12.8 Å². The van der Waals surface area contributed by atoms with Crippen LogP contribution in [-0.4, -0.2) is 38.5 Å². The quantitative estimate of drug-likeness (QED) is 0.743. The number of hydrogen-bond acceptors (Lipinski definition) is 4. The highest BCUT2D eigenvalue weighted by atomic mass is 32.2. The third kappa shape index (κ3) is 2.94. The SMILES string of the molecule is COc1ccc(S(=O)(=O)N2CCc3[nH]c4ccc(F)cc4c3C2)c(OC)c1. The van der Waals surface area contributed by atoms with E-state index in [1.165, 1.54) is 36.7 Å². The molecule has 2 heterocycles. The summed E-state index contributed by atoms with van der Waals surface area (Å²) in [5.41, 5.74) is 2.57. The minimum atomic E-state index is -3.78. The van der Waals surface area contributed by atoms with Crippen LogP contribution in [0.5, 0.6) is 11.5 Å². The van der Waals surface area contributed by atoms with Crippen molar-refractivity contribution >= 4 is 20.9 Å². The molecule has 1 N–H and O–H groups in total. The zero-order chi connectivity index (χ0) is 19.2. The van der Waals surface area contributed by atoms with Crippen LogP contribution in [0.1, 0.15) is 11.3 Å². The van der Waals surface area contributed by atoms with Gasteiger partial charge in [0.15, 0.2) is 0 Å². The number of aromatic nitrogens is 1. The molecule has 0 saturated heterocycles. The molecule has 142 valence electrons. The van der Waals surface area contributed by atoms with Crippen molar-refractivity contribution in [1.82, 2.24) is 9.29 Å². The second-order valence-electron chi connectivity index (χ2n) is 6.38. The van der Waals surface area contributed by atoms with Gasteiger partial charge in [-0.15, -0.1) is 0 Å². The number of ether oxygens (including phenoxy) is 2. The summed E-state index contributed by atoms with van der Waals surface area (Å²) in [5.74, 6) is 0.394. The monoisotopic (exact) mass is 390 g/mol. The number of benzene rings is 2. The molecule has 27 heavy (non-hydrogen) atoms. The number of methoxy groups -OCH3 is 2. The first kappa shape index (κ1) is 17.8. The van der Waals surface area contributed by atoms with Crippen molar-refractivity contribution in [2.24, 2.45) is 0 Å². The Morgan fingerprint density at radius 2 is 1.93 bits per heavy atom. The molecule has 0 spiro atoms. The molecule has 1 aliphatic rings. The number of halogens is 1. The van der Waals surface area contributed by atoms with Crippen molar-refractivity contribution in [3.8, 4) is 11.5 Å². The highest BCUT2D eigenvalue weighted by Crippen LogP contribution is 2.35. The van der Waals surface area contributed by atoms with Crippen LogP contribution in [0, 0.1) is 5.82 Å². The average Bonchev–Trinajstić information content (AvgIpc) is 3.04. The Morgan fingerprint density at radius 3 is 2.67 bits per heavy atom. The summed E-state index contributed by atoms with van der Waals surface area (Å²) in [6, 6.07) is 9.12. The zero-order valence-corrected chi connectivity index (χ0v) is 15.8. The maximum absolute atomic E-state index is 13.7. The number of rotatable bonds is 4. The van der Waals surface area contributed by atoms with E-state index in [1.54, 1.807) is 18.2 Å². The molecule has 0 amide bonds. The van der Waals surface area contributed by atoms with Gasteiger partial charge in [0, 0.05) is 42.2 Å². The lowest BCUT2D eigenvalue weighted by Gasteiger charge is -2.27. The first-order valence-electron chi connectivity index (χ1n) is 8.45. The lowest BCUT2D eigenvalue weighted by atomic mass is 10.1. The largest absolute Gasteiger partial charge is 0.497 e. The topological polar surface area (TPSA) is 71.6 Å². The van der Waals surface area contributed by atoms with Crippen LogP contribution in [-0.2, 0) is 23.0 Å². The van der Waals surface area contributed by atoms with Gasteiger partial charge in [-0.1, -0.05) is 0 Å². The molecule has 2 aromatic carbocycles. The third-order valence-electron chi connectivity index (χ3n) is 4.89. The van der Waals surface area contributed by atoms with Crippen LogP contribution in [0.15, 0.2) is 41.3 Å². The molecule has 0 atom stereocenters. The maximum Gasteiger partial charge on any atom is 0.247 e. The summed E-state index contributed by atoms with van der Waals surface area (Å²) in [4.78, 5) is 3.35. The molecule has 0 fully saturated rings. The number of aromatic amines is 1. The Hall–Kier alpha value is -2.58. The number of fused-ring (bicyclic) bond motifs is 3. The van der Waals surface area contributed by atoms with Crippen LogP contribution in [0.25, 0.3) is 10.9 Å². The van der Waals surface area contributed by atoms with E-state index < -0.39 is 10.0 Å². The Morgan fingerprint density at radius 1 is 1.11 bits per heavy atom. The molecule has 0 unspecified atom stereocenters. The summed E-state index contributed by atoms with van der Waals surface area (Å²) < 4.78 is 51.9. The van der Waals surface area contributed by atoms with E-state index in [0.717, 1.165) is 16.8 Å². The highest BCUT2D eigenvalue weighted by Gasteiger charge is 2.32. The summed E-state index contributed by atoms with van der Waals surface area (Å²) in [6.07, 6.45) is 0.531. The first-order valence-corrected chi connectivity index (χ1v) is 9.89. The van der Waals surface area contributed by atoms with Gasteiger partial charge in [-0.3, -0.25) is 0 Å². The zero-order valence-electron chi connectivity index (χ0n) is 15.0. The number of nitrogens with one attached hydrogen (secondary N) is 1. The second-order valence-corrected chi connectivity index (χ2v) is 8.28. The van der Waals surface area contributed by atoms with Gasteiger partial charge in [0.05, 0.1) is 14.2 Å². The van der Waals surface area contributed by atoms with Crippen LogP contribution in [0.2, 0.25) is 0 Å². The van der Waals surface area contributed by atoms with E-state index in [-0.39, 0.29) is 23.0 Å². The minimum absolute atomic E-state index is 0.0836. The average molecular weight is 390 g/mol. The number of H-pyrrole nitrogens is 1. The molecular formula is C19H19FN2O4S. The fraction of sp³-hybridized carbons (Fsp3) is 0.263. The van der Waals surface area contributed by atoms with E-state index in [2.05, 4.69) is 4.98 Å². The minimum Gasteiger partial charge on any atom is -0.497 e. The normalized spacial score (nSPS) is 14.9. The van der Waals surface area contributed by atoms with E-state index in [1.807, 2.05) is 0 Å². The number of sulfonamides is 1. The summed E-state index contributed by atoms with van der Waals surface area (Å²) in [7, 11) is -0.858. The summed E-state index contributed by atoms with van der Waals surface area (Å²) in [6.45, 7) is 0.510. The van der Waals surface area contributed by atoms with Crippen molar-refractivity contribution < 1.29 is 22.3 Å². The highest BCUT2D eigenvalue weighted by molar-refractivity contribution is 7.89. The van der Waals surface area contributed by atoms with Crippen molar-refractivity contribution in [2.45, 2.75) is 17.9 Å². The van der Waals surface area contributed by atoms with Gasteiger partial charge in [0.2, 0.25) is 10.0 Å². The standard InChI is InChI=1S/C19H19FN2O4S/c1-25-13-4-6-19(18(10-13)26-2)27(23,24)22-8-7-17-15(11-22)14-9-12(20)3-5-16(14)21-17/h3-6,9-10,21H,7-8,11H2,1-2H3. The lowest BCUT2D eigenvalue weighted by molar-refractivity contribution is 0.372. The lowest BCUT2D eigenvalue weighted by Crippen LogP contribution is -2.36. The maximum atomic E-state index is 13.7. The molecule has 0 bridgehead atoms. The molecule has 0 aliphatic carbocycles. The van der Waals surface area contributed by atoms with Gasteiger partial charge in [-0.05, 0) is 35.9 Å². The summed E-state index contributed by atoms with van der Waals surface area (Å²) in [5, 5.41) is 0.714. The molecule has 8 heteroatoms. The van der Waals surface area contributed by atoms with Crippen molar-refractivity contribution in [3.05, 3.63) is 53.5 Å². The Bertz CT molecular complexity index is 1120. The Labute approximate surface area is 156 Å². The van der Waals surface area contributed by atoms with Gasteiger partial charge in [0.25, 0.3) is 0 Å². The molecule has 1 aliphatic heterocycles. The third-order valence-corrected chi connectivity index (χ3v) is 6.78. The molecular weight excluding hydrogens is 371 g/mol. The van der Waals surface area contributed by atoms with Gasteiger partial charge in [-0.2, -0.15) is 4.31 Å². The molecule has 6 nitrogen and oxygen atoms in total. The van der Waals surface area contributed by atoms with Crippen LogP contribution in [0.4, 0.5) is 4.39 Å². The van der Waals surface area contributed by atoms with Gasteiger partial charge < -0.3 is 14.5 Å². The van der Waals surface area contributed by atoms with Gasteiger partial charge >= 0.3 is 0 Å².